The Hall–Kier alpha value is -0.240. The zero-order valence-corrected chi connectivity index (χ0v) is 9.62. The molecule has 5 atom stereocenters. The van der Waals surface area contributed by atoms with Gasteiger partial charge in [-0.1, -0.05) is 0 Å². The van der Waals surface area contributed by atoms with Crippen molar-refractivity contribution in [1.29, 1.82) is 0 Å². The van der Waals surface area contributed by atoms with Gasteiger partial charge in [0.15, 0.2) is 12.1 Å². The first kappa shape index (κ1) is 12.2. The molecule has 6 nitrogen and oxygen atoms in total. The molecule has 2 heterocycles. The molecule has 2 aliphatic heterocycles. The van der Waals surface area contributed by atoms with Crippen LogP contribution in [-0.4, -0.2) is 60.4 Å². The lowest BCUT2D eigenvalue weighted by Crippen LogP contribution is -2.64. The molecule has 0 unspecified atom stereocenters. The Labute approximate surface area is 94.1 Å². The zero-order valence-electron chi connectivity index (χ0n) is 9.62. The normalized spacial score (nSPS) is 47.4. The molecule has 0 radical (unpaired) electrons. The topological polar surface area (TPSA) is 77.4 Å². The van der Waals surface area contributed by atoms with Crippen molar-refractivity contribution < 1.29 is 29.2 Å². The lowest BCUT2D eigenvalue weighted by atomic mass is 9.97. The van der Waals surface area contributed by atoms with E-state index in [2.05, 4.69) is 0 Å². The van der Waals surface area contributed by atoms with E-state index in [1.165, 1.54) is 7.11 Å². The highest BCUT2D eigenvalue weighted by Gasteiger charge is 2.50. The molecule has 2 saturated heterocycles. The molecule has 2 N–H and O–H groups in total. The Morgan fingerprint density at radius 3 is 2.56 bits per heavy atom. The second-order valence-electron chi connectivity index (χ2n) is 4.55. The average molecular weight is 234 g/mol. The van der Waals surface area contributed by atoms with E-state index in [0.29, 0.717) is 6.61 Å². The molecule has 0 saturated carbocycles. The summed E-state index contributed by atoms with van der Waals surface area (Å²) >= 11 is 0. The fourth-order valence-corrected chi connectivity index (χ4v) is 2.02. The number of hydrogen-bond donors (Lipinski definition) is 2. The number of ether oxygens (including phenoxy) is 4. The minimum absolute atomic E-state index is 0.307. The van der Waals surface area contributed by atoms with Gasteiger partial charge < -0.3 is 29.2 Å². The van der Waals surface area contributed by atoms with Crippen LogP contribution in [0.15, 0.2) is 0 Å². The van der Waals surface area contributed by atoms with Crippen molar-refractivity contribution in [3.05, 3.63) is 0 Å². The minimum Gasteiger partial charge on any atom is -0.387 e. The molecule has 0 spiro atoms. The monoisotopic (exact) mass is 234 g/mol. The van der Waals surface area contributed by atoms with Gasteiger partial charge >= 0.3 is 0 Å². The summed E-state index contributed by atoms with van der Waals surface area (Å²) in [6.07, 6.45) is -4.00. The summed E-state index contributed by atoms with van der Waals surface area (Å²) in [6, 6.07) is 0. The van der Waals surface area contributed by atoms with Crippen LogP contribution in [0.25, 0.3) is 0 Å². The van der Waals surface area contributed by atoms with E-state index in [-0.39, 0.29) is 0 Å². The van der Waals surface area contributed by atoms with Crippen LogP contribution < -0.4 is 0 Å². The van der Waals surface area contributed by atoms with Crippen molar-refractivity contribution in [3.8, 4) is 0 Å². The third-order valence-electron chi connectivity index (χ3n) is 2.89. The van der Waals surface area contributed by atoms with Crippen LogP contribution in [0.2, 0.25) is 0 Å². The Morgan fingerprint density at radius 1 is 1.25 bits per heavy atom. The van der Waals surface area contributed by atoms with Crippen molar-refractivity contribution in [2.75, 3.05) is 13.7 Å². The van der Waals surface area contributed by atoms with Gasteiger partial charge in [-0.15, -0.1) is 0 Å². The maximum atomic E-state index is 9.92. The summed E-state index contributed by atoms with van der Waals surface area (Å²) in [7, 11) is 1.41. The van der Waals surface area contributed by atoms with E-state index in [1.807, 2.05) is 0 Å². The molecular formula is C10H18O6. The van der Waals surface area contributed by atoms with Gasteiger partial charge in [0, 0.05) is 7.11 Å². The van der Waals surface area contributed by atoms with Crippen LogP contribution >= 0.6 is 0 Å². The summed E-state index contributed by atoms with van der Waals surface area (Å²) < 4.78 is 21.3. The first-order valence-corrected chi connectivity index (χ1v) is 5.31. The fourth-order valence-electron chi connectivity index (χ4n) is 2.02. The van der Waals surface area contributed by atoms with E-state index >= 15 is 0 Å². The van der Waals surface area contributed by atoms with Gasteiger partial charge in [0.25, 0.3) is 0 Å². The van der Waals surface area contributed by atoms with E-state index in [9.17, 15) is 10.2 Å². The van der Waals surface area contributed by atoms with Gasteiger partial charge in [-0.25, -0.2) is 0 Å². The lowest BCUT2D eigenvalue weighted by Gasteiger charge is -2.48. The van der Waals surface area contributed by atoms with Gasteiger partial charge in [-0.3, -0.25) is 0 Å². The lowest BCUT2D eigenvalue weighted by molar-refractivity contribution is -0.379. The van der Waals surface area contributed by atoms with E-state index in [0.717, 1.165) is 0 Å². The quantitative estimate of drug-likeness (QED) is 0.620. The number of aliphatic hydroxyl groups is 2. The molecule has 0 aromatic carbocycles. The van der Waals surface area contributed by atoms with Gasteiger partial charge in [0.2, 0.25) is 0 Å². The maximum Gasteiger partial charge on any atom is 0.186 e. The SMILES string of the molecule is CO[C@H]1O[C@H]2COC(C)(C)O[C@H]2[C@@H](O)[C@@H]1O. The highest BCUT2D eigenvalue weighted by Crippen LogP contribution is 2.32. The molecule has 0 amide bonds. The van der Waals surface area contributed by atoms with Crippen LogP contribution in [0.1, 0.15) is 13.8 Å². The summed E-state index contributed by atoms with van der Waals surface area (Å²) in [5.41, 5.74) is 0. The van der Waals surface area contributed by atoms with Crippen LogP contribution in [-0.2, 0) is 18.9 Å². The Kier molecular flexibility index (Phi) is 3.22. The minimum atomic E-state index is -1.11. The van der Waals surface area contributed by atoms with Crippen molar-refractivity contribution in [2.45, 2.75) is 50.3 Å². The van der Waals surface area contributed by atoms with Crippen LogP contribution in [0, 0.1) is 0 Å². The van der Waals surface area contributed by atoms with Gasteiger partial charge in [-0.2, -0.15) is 0 Å². The van der Waals surface area contributed by atoms with E-state index in [4.69, 9.17) is 18.9 Å². The van der Waals surface area contributed by atoms with Crippen molar-refractivity contribution in [2.24, 2.45) is 0 Å². The molecule has 0 aliphatic carbocycles. The van der Waals surface area contributed by atoms with Crippen LogP contribution in [0.4, 0.5) is 0 Å². The third kappa shape index (κ3) is 2.09. The van der Waals surface area contributed by atoms with Gasteiger partial charge in [-0.05, 0) is 13.8 Å². The fraction of sp³-hybridized carbons (Fsp3) is 1.00. The smallest absolute Gasteiger partial charge is 0.186 e. The molecule has 0 aromatic rings. The first-order chi connectivity index (χ1) is 7.44. The number of fused-ring (bicyclic) bond motifs is 1. The maximum absolute atomic E-state index is 9.92. The van der Waals surface area contributed by atoms with Crippen LogP contribution in [0.5, 0.6) is 0 Å². The summed E-state index contributed by atoms with van der Waals surface area (Å²) in [5.74, 6) is -0.773. The number of rotatable bonds is 1. The largest absolute Gasteiger partial charge is 0.387 e. The summed E-state index contributed by atoms with van der Waals surface area (Å²) in [6.45, 7) is 3.82. The second kappa shape index (κ2) is 4.21. The first-order valence-electron chi connectivity index (χ1n) is 5.31. The predicted molar refractivity (Wildman–Crippen MR) is 52.6 cm³/mol. The molecule has 2 rings (SSSR count). The van der Waals surface area contributed by atoms with Crippen molar-refractivity contribution >= 4 is 0 Å². The van der Waals surface area contributed by atoms with Gasteiger partial charge in [0.1, 0.15) is 24.4 Å². The Morgan fingerprint density at radius 2 is 1.94 bits per heavy atom. The number of aliphatic hydroxyl groups excluding tert-OH is 2. The van der Waals surface area contributed by atoms with Crippen molar-refractivity contribution in [1.82, 2.24) is 0 Å². The van der Waals surface area contributed by atoms with E-state index < -0.39 is 36.5 Å². The highest BCUT2D eigenvalue weighted by molar-refractivity contribution is 4.93. The molecule has 16 heavy (non-hydrogen) atoms. The Bertz CT molecular complexity index is 254. The van der Waals surface area contributed by atoms with Gasteiger partial charge in [0.05, 0.1) is 6.61 Å². The standard InChI is InChI=1S/C10H18O6/c1-10(2)14-4-5-8(16-10)6(11)7(12)9(13-3)15-5/h5-9,11-12H,4H2,1-3H3/t5-,6-,7-,8+,9-/m0/s1. The molecule has 0 bridgehead atoms. The predicted octanol–water partition coefficient (Wildman–Crippen LogP) is -0.769. The summed E-state index contributed by atoms with van der Waals surface area (Å²) in [5, 5.41) is 19.6. The van der Waals surface area contributed by atoms with E-state index in [1.54, 1.807) is 13.8 Å². The summed E-state index contributed by atoms with van der Waals surface area (Å²) in [4.78, 5) is 0. The second-order valence-corrected chi connectivity index (χ2v) is 4.55. The molecule has 2 fully saturated rings. The molecule has 0 aromatic heterocycles. The average Bonchev–Trinajstić information content (AvgIpc) is 2.23. The molecular weight excluding hydrogens is 216 g/mol. The highest BCUT2D eigenvalue weighted by atomic mass is 16.8. The third-order valence-corrected chi connectivity index (χ3v) is 2.89. The number of hydrogen-bond acceptors (Lipinski definition) is 6. The molecule has 6 heteroatoms. The zero-order chi connectivity index (χ0) is 11.9. The Balaban J connectivity index is 2.11. The molecule has 94 valence electrons. The molecule has 2 aliphatic rings. The van der Waals surface area contributed by atoms with Crippen molar-refractivity contribution in [3.63, 3.8) is 0 Å². The number of methoxy groups -OCH3 is 1. The van der Waals surface area contributed by atoms with Crippen LogP contribution in [0.3, 0.4) is 0 Å².